The maximum atomic E-state index is 10.5. The Morgan fingerprint density at radius 1 is 1.56 bits per heavy atom. The second-order valence-electron chi connectivity index (χ2n) is 5.20. The molecule has 100 valence electrons. The van der Waals surface area contributed by atoms with Crippen molar-refractivity contribution in [1.29, 1.82) is 0 Å². The van der Waals surface area contributed by atoms with E-state index in [-0.39, 0.29) is 6.42 Å². The molecule has 2 unspecified atom stereocenters. The number of hydrogen-bond donors (Lipinski definition) is 1. The monoisotopic (exact) mass is 268 g/mol. The number of anilines is 1. The van der Waals surface area contributed by atoms with Crippen molar-refractivity contribution in [2.75, 3.05) is 18.0 Å². The molecule has 2 rings (SSSR count). The minimum Gasteiger partial charge on any atom is -0.481 e. The number of rotatable bonds is 4. The highest BCUT2D eigenvalue weighted by Crippen LogP contribution is 2.29. The van der Waals surface area contributed by atoms with Gasteiger partial charge in [0.05, 0.1) is 12.1 Å². The van der Waals surface area contributed by atoms with E-state index in [2.05, 4.69) is 23.7 Å². The van der Waals surface area contributed by atoms with Crippen LogP contribution in [0.15, 0.2) is 5.38 Å². The van der Waals surface area contributed by atoms with Crippen LogP contribution in [0.3, 0.4) is 0 Å². The molecule has 5 heteroatoms. The van der Waals surface area contributed by atoms with Gasteiger partial charge >= 0.3 is 5.97 Å². The van der Waals surface area contributed by atoms with Crippen LogP contribution < -0.4 is 4.90 Å². The molecule has 18 heavy (non-hydrogen) atoms. The normalized spacial score (nSPS) is 24.2. The first-order valence-electron chi connectivity index (χ1n) is 6.47. The zero-order valence-electron chi connectivity index (χ0n) is 10.9. The van der Waals surface area contributed by atoms with E-state index in [0.29, 0.717) is 12.3 Å². The summed E-state index contributed by atoms with van der Waals surface area (Å²) < 4.78 is 0. The zero-order valence-corrected chi connectivity index (χ0v) is 11.7. The molecule has 4 nitrogen and oxygen atoms in total. The second kappa shape index (κ2) is 5.69. The van der Waals surface area contributed by atoms with Gasteiger partial charge in [0.2, 0.25) is 0 Å². The fourth-order valence-electron chi connectivity index (χ4n) is 2.23. The van der Waals surface area contributed by atoms with Gasteiger partial charge in [-0.15, -0.1) is 11.3 Å². The molecular weight excluding hydrogens is 248 g/mol. The summed E-state index contributed by atoms with van der Waals surface area (Å²) in [5, 5.41) is 11.7. The standard InChI is InChI=1S/C13H20N2O2S/c1-9-5-6-15(7-10(9)2)13-14-11(8-18-13)3-4-12(16)17/h8-10H,3-7H2,1-2H3,(H,16,17). The summed E-state index contributed by atoms with van der Waals surface area (Å²) in [6.07, 6.45) is 1.91. The molecule has 0 aliphatic carbocycles. The molecule has 0 radical (unpaired) electrons. The van der Waals surface area contributed by atoms with Crippen LogP contribution in [0.2, 0.25) is 0 Å². The number of carboxylic acid groups (broad SMARTS) is 1. The van der Waals surface area contributed by atoms with Gasteiger partial charge < -0.3 is 10.0 Å². The summed E-state index contributed by atoms with van der Waals surface area (Å²) in [5.41, 5.74) is 0.906. The van der Waals surface area contributed by atoms with Crippen LogP contribution in [0, 0.1) is 11.8 Å². The van der Waals surface area contributed by atoms with E-state index in [1.165, 1.54) is 6.42 Å². The van der Waals surface area contributed by atoms with Crippen molar-refractivity contribution >= 4 is 22.4 Å². The predicted octanol–water partition coefficient (Wildman–Crippen LogP) is 2.64. The van der Waals surface area contributed by atoms with E-state index < -0.39 is 5.97 Å². The second-order valence-corrected chi connectivity index (χ2v) is 6.04. The first kappa shape index (κ1) is 13.3. The number of thiazole rings is 1. The number of carboxylic acids is 1. The molecule has 1 saturated heterocycles. The maximum Gasteiger partial charge on any atom is 0.303 e. The smallest absolute Gasteiger partial charge is 0.303 e. The van der Waals surface area contributed by atoms with Crippen molar-refractivity contribution in [1.82, 2.24) is 4.98 Å². The first-order valence-corrected chi connectivity index (χ1v) is 7.35. The quantitative estimate of drug-likeness (QED) is 0.912. The summed E-state index contributed by atoms with van der Waals surface area (Å²) in [6.45, 7) is 6.72. The first-order chi connectivity index (χ1) is 8.56. The lowest BCUT2D eigenvalue weighted by Crippen LogP contribution is -2.38. The Hall–Kier alpha value is -1.10. The molecule has 1 aromatic heterocycles. The van der Waals surface area contributed by atoms with Crippen molar-refractivity contribution in [3.63, 3.8) is 0 Å². The molecule has 2 heterocycles. The van der Waals surface area contributed by atoms with E-state index in [9.17, 15) is 4.79 Å². The van der Waals surface area contributed by atoms with Crippen LogP contribution >= 0.6 is 11.3 Å². The van der Waals surface area contributed by atoms with Crippen molar-refractivity contribution in [2.45, 2.75) is 33.1 Å². The Kier molecular flexibility index (Phi) is 4.22. The van der Waals surface area contributed by atoms with Crippen LogP contribution in [0.25, 0.3) is 0 Å². The lowest BCUT2D eigenvalue weighted by molar-refractivity contribution is -0.136. The molecule has 1 N–H and O–H groups in total. The highest BCUT2D eigenvalue weighted by molar-refractivity contribution is 7.13. The molecule has 0 aromatic carbocycles. The summed E-state index contributed by atoms with van der Waals surface area (Å²) in [5.74, 6) is 0.725. The molecule has 0 saturated carbocycles. The van der Waals surface area contributed by atoms with E-state index in [1.807, 2.05) is 5.38 Å². The van der Waals surface area contributed by atoms with E-state index >= 15 is 0 Å². The summed E-state index contributed by atoms with van der Waals surface area (Å²) >= 11 is 1.63. The average molecular weight is 268 g/mol. The number of hydrogen-bond acceptors (Lipinski definition) is 4. The lowest BCUT2D eigenvalue weighted by atomic mass is 9.89. The van der Waals surface area contributed by atoms with Crippen molar-refractivity contribution < 1.29 is 9.90 Å². The number of aromatic nitrogens is 1. The SMILES string of the molecule is CC1CCN(c2nc(CCC(=O)O)cs2)CC1C. The lowest BCUT2D eigenvalue weighted by Gasteiger charge is -2.35. The van der Waals surface area contributed by atoms with Crippen molar-refractivity contribution in [3.8, 4) is 0 Å². The van der Waals surface area contributed by atoms with Crippen LogP contribution in [0.4, 0.5) is 5.13 Å². The predicted molar refractivity (Wildman–Crippen MR) is 73.2 cm³/mol. The topological polar surface area (TPSA) is 53.4 Å². The number of aliphatic carboxylic acids is 1. The molecule has 1 aliphatic heterocycles. The summed E-state index contributed by atoms with van der Waals surface area (Å²) in [6, 6.07) is 0. The van der Waals surface area contributed by atoms with Gasteiger partial charge in [-0.2, -0.15) is 0 Å². The van der Waals surface area contributed by atoms with Gasteiger partial charge in [0.25, 0.3) is 0 Å². The van der Waals surface area contributed by atoms with Gasteiger partial charge in [0.15, 0.2) is 5.13 Å². The van der Waals surface area contributed by atoms with Crippen molar-refractivity contribution in [2.24, 2.45) is 11.8 Å². The molecule has 1 aromatic rings. The minimum atomic E-state index is -0.759. The molecule has 2 atom stereocenters. The number of nitrogens with zero attached hydrogens (tertiary/aromatic N) is 2. The third-order valence-corrected chi connectivity index (χ3v) is 4.69. The average Bonchev–Trinajstić information content (AvgIpc) is 2.79. The van der Waals surface area contributed by atoms with Gasteiger partial charge in [-0.25, -0.2) is 4.98 Å². The zero-order chi connectivity index (χ0) is 13.1. The van der Waals surface area contributed by atoms with Crippen LogP contribution in [-0.2, 0) is 11.2 Å². The molecule has 0 spiro atoms. The van der Waals surface area contributed by atoms with Gasteiger partial charge in [0, 0.05) is 24.9 Å². The van der Waals surface area contributed by atoms with Crippen molar-refractivity contribution in [3.05, 3.63) is 11.1 Å². The Bertz CT molecular complexity index is 419. The summed E-state index contributed by atoms with van der Waals surface area (Å²) in [7, 11) is 0. The number of carbonyl (C=O) groups is 1. The third-order valence-electron chi connectivity index (χ3n) is 3.74. The molecule has 0 amide bonds. The maximum absolute atomic E-state index is 10.5. The molecular formula is C13H20N2O2S. The van der Waals surface area contributed by atoms with Gasteiger partial charge in [-0.05, 0) is 18.3 Å². The highest BCUT2D eigenvalue weighted by Gasteiger charge is 2.24. The highest BCUT2D eigenvalue weighted by atomic mass is 32.1. The van der Waals surface area contributed by atoms with Crippen LogP contribution in [0.1, 0.15) is 32.4 Å². The third kappa shape index (κ3) is 3.22. The minimum absolute atomic E-state index is 0.163. The number of piperidine rings is 1. The summed E-state index contributed by atoms with van der Waals surface area (Å²) in [4.78, 5) is 17.4. The molecule has 1 aliphatic rings. The van der Waals surface area contributed by atoms with Crippen LogP contribution in [0.5, 0.6) is 0 Å². The Morgan fingerprint density at radius 2 is 2.33 bits per heavy atom. The molecule has 1 fully saturated rings. The Balaban J connectivity index is 1.95. The van der Waals surface area contributed by atoms with Gasteiger partial charge in [-0.1, -0.05) is 13.8 Å². The largest absolute Gasteiger partial charge is 0.481 e. The van der Waals surface area contributed by atoms with E-state index in [4.69, 9.17) is 5.11 Å². The fraction of sp³-hybridized carbons (Fsp3) is 0.692. The number of aryl methyl sites for hydroxylation is 1. The Labute approximate surface area is 112 Å². The fourth-order valence-corrected chi connectivity index (χ4v) is 3.12. The molecule has 0 bridgehead atoms. The Morgan fingerprint density at radius 3 is 3.00 bits per heavy atom. The van der Waals surface area contributed by atoms with E-state index in [0.717, 1.165) is 29.8 Å². The van der Waals surface area contributed by atoms with Crippen LogP contribution in [-0.4, -0.2) is 29.1 Å². The van der Waals surface area contributed by atoms with E-state index in [1.54, 1.807) is 11.3 Å². The van der Waals surface area contributed by atoms with Gasteiger partial charge in [0.1, 0.15) is 0 Å². The van der Waals surface area contributed by atoms with Gasteiger partial charge in [-0.3, -0.25) is 4.79 Å².